The van der Waals surface area contributed by atoms with Gasteiger partial charge in [0.15, 0.2) is 0 Å². The van der Waals surface area contributed by atoms with Gasteiger partial charge < -0.3 is 15.3 Å². The molecule has 9 heteroatoms. The normalized spacial score (nSPS) is 22.5. The van der Waals surface area contributed by atoms with E-state index in [-0.39, 0.29) is 6.42 Å². The molecule has 1 atom stereocenters. The maximum absolute atomic E-state index is 12.5. The Morgan fingerprint density at radius 3 is 2.39 bits per heavy atom. The fourth-order valence-electron chi connectivity index (χ4n) is 5.26. The lowest BCUT2D eigenvalue weighted by molar-refractivity contribution is 0.111. The number of carboxylic acid groups (broad SMARTS) is 1. The summed E-state index contributed by atoms with van der Waals surface area (Å²) < 4.78 is 26.9. The van der Waals surface area contributed by atoms with Crippen LogP contribution in [-0.4, -0.2) is 42.6 Å². The summed E-state index contributed by atoms with van der Waals surface area (Å²) in [6.45, 7) is 2.25. The van der Waals surface area contributed by atoms with Crippen molar-refractivity contribution < 1.29 is 23.1 Å². The number of urea groups is 1. The van der Waals surface area contributed by atoms with E-state index >= 15 is 0 Å². The quantitative estimate of drug-likeness (QED) is 0.638. The number of hydrogen-bond donors (Lipinski definition) is 3. The van der Waals surface area contributed by atoms with E-state index in [0.717, 1.165) is 67.2 Å². The predicted octanol–water partition coefficient (Wildman–Crippen LogP) is 3.55. The lowest BCUT2D eigenvalue weighted by Gasteiger charge is -2.32. The number of benzene rings is 1. The number of rotatable bonds is 5. The number of sulfonamides is 1. The van der Waals surface area contributed by atoms with Gasteiger partial charge in [0.05, 0.1) is 0 Å². The van der Waals surface area contributed by atoms with E-state index in [1.165, 1.54) is 22.1 Å². The average Bonchev–Trinajstić information content (AvgIpc) is 3.40. The molecule has 1 fully saturated rings. The van der Waals surface area contributed by atoms with Gasteiger partial charge in [0.25, 0.3) is 10.0 Å². The number of likely N-dealkylation sites (tertiary alicyclic amines) is 1. The molecule has 1 aromatic rings. The Balaban J connectivity index is 1.42. The minimum absolute atomic E-state index is 0.265. The molecular weight excluding hydrogens is 418 g/mol. The fraction of sp³-hybridized carbons (Fsp3) is 0.545. The van der Waals surface area contributed by atoms with E-state index in [1.807, 2.05) is 6.92 Å². The molecule has 3 N–H and O–H groups in total. The zero-order valence-electron chi connectivity index (χ0n) is 17.7. The Kier molecular flexibility index (Phi) is 5.72. The van der Waals surface area contributed by atoms with Gasteiger partial charge >= 0.3 is 12.1 Å². The van der Waals surface area contributed by atoms with Gasteiger partial charge in [-0.25, -0.2) is 22.7 Å². The molecule has 3 aliphatic rings. The van der Waals surface area contributed by atoms with Crippen LogP contribution in [0.2, 0.25) is 0 Å². The highest BCUT2D eigenvalue weighted by molar-refractivity contribution is 7.92. The van der Waals surface area contributed by atoms with Crippen LogP contribution in [0.5, 0.6) is 0 Å². The molecule has 1 saturated heterocycles. The van der Waals surface area contributed by atoms with E-state index in [4.69, 9.17) is 0 Å². The monoisotopic (exact) mass is 447 g/mol. The van der Waals surface area contributed by atoms with Crippen LogP contribution in [0.3, 0.4) is 0 Å². The van der Waals surface area contributed by atoms with E-state index in [9.17, 15) is 23.1 Å². The van der Waals surface area contributed by atoms with Crippen molar-refractivity contribution in [2.75, 3.05) is 11.9 Å². The Morgan fingerprint density at radius 2 is 1.77 bits per heavy atom. The second-order valence-electron chi connectivity index (χ2n) is 8.95. The second-order valence-corrected chi connectivity index (χ2v) is 10.5. The molecule has 8 nitrogen and oxygen atoms in total. The van der Waals surface area contributed by atoms with Gasteiger partial charge in [-0.3, -0.25) is 0 Å². The van der Waals surface area contributed by atoms with Gasteiger partial charge in [0.2, 0.25) is 0 Å². The van der Waals surface area contributed by atoms with E-state index in [2.05, 4.69) is 16.1 Å². The molecule has 1 heterocycles. The van der Waals surface area contributed by atoms with E-state index < -0.39 is 27.7 Å². The Labute approximate surface area is 182 Å². The summed E-state index contributed by atoms with van der Waals surface area (Å²) in [6.07, 6.45) is 7.96. The molecular formula is C22H29N3O5S. The molecule has 168 valence electrons. The van der Waals surface area contributed by atoms with Crippen LogP contribution in [0.25, 0.3) is 0 Å². The molecule has 3 amide bonds. The summed E-state index contributed by atoms with van der Waals surface area (Å²) in [5.74, 6) is 0. The Bertz CT molecular complexity index is 1020. The molecule has 0 unspecified atom stereocenters. The first kappa shape index (κ1) is 21.7. The number of nitrogens with one attached hydrogen (secondary N) is 2. The average molecular weight is 448 g/mol. The van der Waals surface area contributed by atoms with Gasteiger partial charge in [-0.1, -0.05) is 12.1 Å². The molecule has 4 rings (SSSR count). The van der Waals surface area contributed by atoms with Crippen molar-refractivity contribution in [2.45, 2.75) is 70.3 Å². The second kappa shape index (κ2) is 8.18. The predicted molar refractivity (Wildman–Crippen MR) is 118 cm³/mol. The lowest BCUT2D eigenvalue weighted by Crippen LogP contribution is -2.44. The number of hydrogen-bond acceptors (Lipinski definition) is 4. The SMILES string of the molecule is C[C@]1(C/C=C/S(=O)(=O)NC(=O)Nc2c3c(cc4c2CCC4)CCC3)CCCN1C(=O)O. The Hall–Kier alpha value is -2.55. The summed E-state index contributed by atoms with van der Waals surface area (Å²) >= 11 is 0. The van der Waals surface area contributed by atoms with Crippen molar-refractivity contribution >= 4 is 27.8 Å². The van der Waals surface area contributed by atoms with Crippen molar-refractivity contribution in [1.29, 1.82) is 0 Å². The number of fused-ring (bicyclic) bond motifs is 2. The number of carbonyl (C=O) groups is 2. The van der Waals surface area contributed by atoms with Gasteiger partial charge in [-0.15, -0.1) is 0 Å². The van der Waals surface area contributed by atoms with Crippen molar-refractivity contribution in [3.63, 3.8) is 0 Å². The summed E-state index contributed by atoms with van der Waals surface area (Å²) in [5.41, 5.74) is 4.93. The number of nitrogens with zero attached hydrogens (tertiary/aromatic N) is 1. The molecule has 0 spiro atoms. The lowest BCUT2D eigenvalue weighted by atomic mass is 9.95. The third-order valence-electron chi connectivity index (χ3n) is 6.76. The minimum atomic E-state index is -3.99. The van der Waals surface area contributed by atoms with E-state index in [0.29, 0.717) is 13.0 Å². The van der Waals surface area contributed by atoms with Crippen LogP contribution >= 0.6 is 0 Å². The Morgan fingerprint density at radius 1 is 1.13 bits per heavy atom. The highest BCUT2D eigenvalue weighted by Crippen LogP contribution is 2.38. The number of carbonyl (C=O) groups excluding carboxylic acids is 1. The van der Waals surface area contributed by atoms with Gasteiger partial charge in [0, 0.05) is 23.2 Å². The van der Waals surface area contributed by atoms with Crippen LogP contribution in [0, 0.1) is 0 Å². The first-order valence-corrected chi connectivity index (χ1v) is 12.4. The van der Waals surface area contributed by atoms with Crippen molar-refractivity contribution in [2.24, 2.45) is 0 Å². The smallest absolute Gasteiger partial charge is 0.407 e. The zero-order chi connectivity index (χ0) is 22.2. The minimum Gasteiger partial charge on any atom is -0.465 e. The standard InChI is InChI=1S/C22H29N3O5S/c1-22(10-4-12-25(22)21(27)28)11-5-13-31(29,30)24-20(26)23-19-17-8-2-6-15(17)14-16-7-3-9-18(16)19/h5,13-14H,2-4,6-12H2,1H3,(H,27,28)(H2,23,24,26)/b13-5+/t22-/m1/s1. The van der Waals surface area contributed by atoms with Crippen LogP contribution in [0.15, 0.2) is 17.6 Å². The van der Waals surface area contributed by atoms with Crippen LogP contribution in [-0.2, 0) is 35.7 Å². The van der Waals surface area contributed by atoms with Gasteiger partial charge in [-0.2, -0.15) is 0 Å². The maximum Gasteiger partial charge on any atom is 0.407 e. The largest absolute Gasteiger partial charge is 0.465 e. The molecule has 1 aliphatic heterocycles. The van der Waals surface area contributed by atoms with Crippen molar-refractivity contribution in [3.8, 4) is 0 Å². The zero-order valence-corrected chi connectivity index (χ0v) is 18.6. The summed E-state index contributed by atoms with van der Waals surface area (Å²) in [4.78, 5) is 25.3. The highest BCUT2D eigenvalue weighted by atomic mass is 32.2. The summed E-state index contributed by atoms with van der Waals surface area (Å²) in [5, 5.41) is 13.1. The number of anilines is 1. The number of amides is 3. The summed E-state index contributed by atoms with van der Waals surface area (Å²) in [6, 6.07) is 1.48. The van der Waals surface area contributed by atoms with Crippen molar-refractivity contribution in [3.05, 3.63) is 39.8 Å². The molecule has 2 aliphatic carbocycles. The molecule has 0 bridgehead atoms. The van der Waals surface area contributed by atoms with Crippen LogP contribution < -0.4 is 10.0 Å². The maximum atomic E-state index is 12.5. The van der Waals surface area contributed by atoms with Gasteiger partial charge in [-0.05, 0) is 87.0 Å². The molecule has 0 saturated carbocycles. The molecule has 1 aromatic carbocycles. The molecule has 31 heavy (non-hydrogen) atoms. The number of aryl methyl sites for hydroxylation is 2. The third kappa shape index (κ3) is 4.42. The van der Waals surface area contributed by atoms with Crippen molar-refractivity contribution in [1.82, 2.24) is 9.62 Å². The highest BCUT2D eigenvalue weighted by Gasteiger charge is 2.38. The van der Waals surface area contributed by atoms with Crippen LogP contribution in [0.4, 0.5) is 15.3 Å². The molecule has 0 aromatic heterocycles. The first-order valence-electron chi connectivity index (χ1n) is 10.9. The third-order valence-corrected chi connectivity index (χ3v) is 7.78. The van der Waals surface area contributed by atoms with Gasteiger partial charge in [0.1, 0.15) is 0 Å². The first-order chi connectivity index (χ1) is 14.7. The van der Waals surface area contributed by atoms with Crippen LogP contribution in [0.1, 0.15) is 61.3 Å². The summed E-state index contributed by atoms with van der Waals surface area (Å²) in [7, 11) is -3.99. The fourth-order valence-corrected chi connectivity index (χ4v) is 5.99. The molecule has 0 radical (unpaired) electrons. The topological polar surface area (TPSA) is 116 Å². The van der Waals surface area contributed by atoms with E-state index in [1.54, 1.807) is 0 Å².